The van der Waals surface area contributed by atoms with Crippen molar-refractivity contribution in [3.63, 3.8) is 0 Å². The van der Waals surface area contributed by atoms with Crippen LogP contribution >= 0.6 is 0 Å². The van der Waals surface area contributed by atoms with Crippen molar-refractivity contribution in [2.75, 3.05) is 11.6 Å². The molecule has 2 heterocycles. The van der Waals surface area contributed by atoms with Crippen LogP contribution in [0.25, 0.3) is 33.3 Å². The maximum Gasteiger partial charge on any atom is 0.175 e. The number of hydrogen-bond donors (Lipinski definition) is 1. The van der Waals surface area contributed by atoms with Gasteiger partial charge in [0, 0.05) is 41.0 Å². The molecule has 0 aliphatic rings. The maximum absolute atomic E-state index is 11.8. The number of nitrogens with one attached hydrogen (secondary N) is 1. The highest BCUT2D eigenvalue weighted by Crippen LogP contribution is 2.31. The van der Waals surface area contributed by atoms with E-state index in [4.69, 9.17) is 0 Å². The third-order valence-electron chi connectivity index (χ3n) is 6.27. The quantitative estimate of drug-likeness (QED) is 0.270. The topological polar surface area (TPSA) is 72.0 Å². The zero-order valence-electron chi connectivity index (χ0n) is 20.4. The summed E-state index contributed by atoms with van der Waals surface area (Å²) in [4.78, 5) is 9.44. The van der Waals surface area contributed by atoms with Crippen molar-refractivity contribution in [3.05, 3.63) is 103 Å². The number of sulfone groups is 1. The van der Waals surface area contributed by atoms with Gasteiger partial charge in [-0.2, -0.15) is 0 Å². The van der Waals surface area contributed by atoms with Gasteiger partial charge >= 0.3 is 0 Å². The zero-order valence-corrected chi connectivity index (χ0v) is 21.3. The van der Waals surface area contributed by atoms with Gasteiger partial charge in [0.2, 0.25) is 0 Å². The zero-order chi connectivity index (χ0) is 25.3. The van der Waals surface area contributed by atoms with E-state index >= 15 is 0 Å². The predicted molar refractivity (Wildman–Crippen MR) is 147 cm³/mol. The maximum atomic E-state index is 11.8. The van der Waals surface area contributed by atoms with Crippen molar-refractivity contribution < 1.29 is 8.42 Å². The van der Waals surface area contributed by atoms with Crippen LogP contribution in [0.3, 0.4) is 0 Å². The van der Waals surface area contributed by atoms with Crippen LogP contribution in [0.2, 0.25) is 0 Å². The molecule has 2 aromatic heterocycles. The highest BCUT2D eigenvalue weighted by molar-refractivity contribution is 7.90. The van der Waals surface area contributed by atoms with Crippen LogP contribution < -0.4 is 5.32 Å². The van der Waals surface area contributed by atoms with Crippen molar-refractivity contribution in [1.82, 2.24) is 9.97 Å². The number of aromatic nitrogens is 2. The Morgan fingerprint density at radius 3 is 2.08 bits per heavy atom. The second kappa shape index (κ2) is 9.55. The lowest BCUT2D eigenvalue weighted by Crippen LogP contribution is -1.96. The predicted octanol–water partition coefficient (Wildman–Crippen LogP) is 7.23. The van der Waals surface area contributed by atoms with Crippen LogP contribution in [0.15, 0.2) is 102 Å². The van der Waals surface area contributed by atoms with Gasteiger partial charge in [-0.25, -0.2) is 8.42 Å². The number of hydrogen-bond acceptors (Lipinski definition) is 5. The highest BCUT2D eigenvalue weighted by Gasteiger charge is 2.10. The fraction of sp³-hybridized carbons (Fsp3) is 0.133. The molecule has 5 nitrogen and oxygen atoms in total. The first-order valence-corrected chi connectivity index (χ1v) is 13.7. The van der Waals surface area contributed by atoms with Gasteiger partial charge in [0.15, 0.2) is 9.84 Å². The standard InChI is InChI=1S/C30H27N3O2S/c1-20(2)21-4-6-23(7-5-21)29-19-25(14-16-31-29)33-28-15-17-32-30-18-24(10-13-27(28)30)22-8-11-26(12-9-22)36(3,34)35/h4-20H,1-3H3,(H,31,32,33). The lowest BCUT2D eigenvalue weighted by atomic mass is 10.0. The number of pyridine rings is 2. The fourth-order valence-electron chi connectivity index (χ4n) is 4.19. The lowest BCUT2D eigenvalue weighted by Gasteiger charge is -2.12. The molecule has 0 fully saturated rings. The van der Waals surface area contributed by atoms with Crippen LogP contribution in [0.4, 0.5) is 11.4 Å². The van der Waals surface area contributed by atoms with E-state index in [2.05, 4.69) is 53.4 Å². The van der Waals surface area contributed by atoms with E-state index in [0.717, 1.165) is 44.7 Å². The number of fused-ring (bicyclic) bond motifs is 1. The molecular formula is C30H27N3O2S. The molecule has 0 bridgehead atoms. The van der Waals surface area contributed by atoms with Crippen LogP contribution in [-0.4, -0.2) is 24.6 Å². The summed E-state index contributed by atoms with van der Waals surface area (Å²) in [5, 5.41) is 4.52. The molecule has 0 amide bonds. The molecule has 0 unspecified atom stereocenters. The monoisotopic (exact) mass is 493 g/mol. The average molecular weight is 494 g/mol. The van der Waals surface area contributed by atoms with Gasteiger partial charge in [-0.3, -0.25) is 9.97 Å². The molecule has 1 N–H and O–H groups in total. The van der Waals surface area contributed by atoms with Crippen LogP contribution in [0.1, 0.15) is 25.3 Å². The molecule has 3 aromatic carbocycles. The third-order valence-corrected chi connectivity index (χ3v) is 7.40. The molecule has 36 heavy (non-hydrogen) atoms. The molecular weight excluding hydrogens is 466 g/mol. The smallest absolute Gasteiger partial charge is 0.175 e. The van der Waals surface area contributed by atoms with Gasteiger partial charge in [0.05, 0.1) is 16.1 Å². The summed E-state index contributed by atoms with van der Waals surface area (Å²) in [5.74, 6) is 0.493. The van der Waals surface area contributed by atoms with Gasteiger partial charge in [0.25, 0.3) is 0 Å². The van der Waals surface area contributed by atoms with Crippen molar-refractivity contribution in [3.8, 4) is 22.4 Å². The summed E-state index contributed by atoms with van der Waals surface area (Å²) in [7, 11) is -3.22. The summed E-state index contributed by atoms with van der Waals surface area (Å²) in [6.45, 7) is 4.38. The first-order chi connectivity index (χ1) is 17.3. The van der Waals surface area contributed by atoms with Crippen molar-refractivity contribution in [2.45, 2.75) is 24.7 Å². The second-order valence-corrected chi connectivity index (χ2v) is 11.2. The van der Waals surface area contributed by atoms with E-state index in [9.17, 15) is 8.42 Å². The largest absolute Gasteiger partial charge is 0.355 e. The summed E-state index contributed by atoms with van der Waals surface area (Å²) in [6, 6.07) is 27.5. The van der Waals surface area contributed by atoms with Crippen molar-refractivity contribution >= 4 is 32.1 Å². The number of rotatable bonds is 6. The molecule has 0 aliphatic carbocycles. The van der Waals surface area contributed by atoms with Crippen molar-refractivity contribution in [1.29, 1.82) is 0 Å². The Morgan fingerprint density at radius 2 is 1.39 bits per heavy atom. The van der Waals surface area contributed by atoms with Gasteiger partial charge in [-0.05, 0) is 59.0 Å². The molecule has 0 spiro atoms. The third kappa shape index (κ3) is 4.99. The van der Waals surface area contributed by atoms with E-state index in [1.165, 1.54) is 11.8 Å². The Kier molecular flexibility index (Phi) is 6.29. The van der Waals surface area contributed by atoms with Crippen LogP contribution in [0, 0.1) is 0 Å². The molecule has 6 heteroatoms. The average Bonchev–Trinajstić information content (AvgIpc) is 2.88. The second-order valence-electron chi connectivity index (χ2n) is 9.22. The lowest BCUT2D eigenvalue weighted by molar-refractivity contribution is 0.602. The van der Waals surface area contributed by atoms with Gasteiger partial charge in [0.1, 0.15) is 0 Å². The van der Waals surface area contributed by atoms with E-state index in [1.807, 2.05) is 54.7 Å². The Bertz CT molecular complexity index is 1640. The molecule has 0 atom stereocenters. The Hall–Kier alpha value is -4.03. The molecule has 180 valence electrons. The Labute approximate surface area is 211 Å². The van der Waals surface area contributed by atoms with E-state index < -0.39 is 9.84 Å². The first-order valence-electron chi connectivity index (χ1n) is 11.8. The van der Waals surface area contributed by atoms with Crippen LogP contribution in [-0.2, 0) is 9.84 Å². The molecule has 0 saturated heterocycles. The molecule has 0 saturated carbocycles. The SMILES string of the molecule is CC(C)c1ccc(-c2cc(Nc3ccnc4cc(-c5ccc(S(C)(=O)=O)cc5)ccc34)ccn2)cc1. The minimum Gasteiger partial charge on any atom is -0.355 e. The van der Waals surface area contributed by atoms with Gasteiger partial charge in [-0.15, -0.1) is 0 Å². The van der Waals surface area contributed by atoms with E-state index in [0.29, 0.717) is 10.8 Å². The summed E-state index contributed by atoms with van der Waals surface area (Å²) >= 11 is 0. The fourth-order valence-corrected chi connectivity index (χ4v) is 4.82. The Morgan fingerprint density at radius 1 is 0.722 bits per heavy atom. The van der Waals surface area contributed by atoms with E-state index in [1.54, 1.807) is 18.3 Å². The highest BCUT2D eigenvalue weighted by atomic mass is 32.2. The summed E-state index contributed by atoms with van der Waals surface area (Å²) in [5.41, 5.74) is 7.95. The molecule has 0 radical (unpaired) electrons. The minimum atomic E-state index is -3.22. The number of anilines is 2. The number of nitrogens with zero attached hydrogens (tertiary/aromatic N) is 2. The summed E-state index contributed by atoms with van der Waals surface area (Å²) < 4.78 is 23.5. The van der Waals surface area contributed by atoms with Gasteiger partial charge in [-0.1, -0.05) is 62.4 Å². The van der Waals surface area contributed by atoms with E-state index in [-0.39, 0.29) is 0 Å². The Balaban J connectivity index is 1.43. The minimum absolute atomic E-state index is 0.309. The van der Waals surface area contributed by atoms with Crippen molar-refractivity contribution in [2.24, 2.45) is 0 Å². The number of benzene rings is 3. The molecule has 5 rings (SSSR count). The first kappa shape index (κ1) is 23.7. The van der Waals surface area contributed by atoms with Gasteiger partial charge < -0.3 is 5.32 Å². The molecule has 0 aliphatic heterocycles. The summed E-state index contributed by atoms with van der Waals surface area (Å²) in [6.07, 6.45) is 4.81. The normalized spacial score (nSPS) is 11.7. The molecule has 5 aromatic rings. The van der Waals surface area contributed by atoms with Crippen LogP contribution in [0.5, 0.6) is 0 Å².